The predicted octanol–water partition coefficient (Wildman–Crippen LogP) is -0.0889. The van der Waals surface area contributed by atoms with Gasteiger partial charge in [0, 0.05) is 4.21 Å². The minimum absolute atomic E-state index is 0.241. The van der Waals surface area contributed by atoms with Crippen molar-refractivity contribution >= 4 is 18.0 Å². The van der Waals surface area contributed by atoms with E-state index in [4.69, 9.17) is 9.47 Å². The molecule has 1 aliphatic heterocycles. The number of aldehydes is 1. The lowest BCUT2D eigenvalue weighted by molar-refractivity contribution is -0.163. The average Bonchev–Trinajstić information content (AvgIpc) is 2.56. The van der Waals surface area contributed by atoms with Gasteiger partial charge in [-0.3, -0.25) is 4.79 Å². The molecule has 0 aliphatic carbocycles. The molecule has 0 radical (unpaired) electrons. The first-order chi connectivity index (χ1) is 5.79. The smallest absolute Gasteiger partial charge is 0.337 e. The van der Waals surface area contributed by atoms with Crippen LogP contribution in [0.3, 0.4) is 0 Å². The van der Waals surface area contributed by atoms with Gasteiger partial charge in [-0.05, 0) is 6.08 Å². The fourth-order valence-electron chi connectivity index (χ4n) is 1.01. The summed E-state index contributed by atoms with van der Waals surface area (Å²) >= 11 is 0.241. The van der Waals surface area contributed by atoms with E-state index in [1.54, 1.807) is 0 Å². The number of rotatable bonds is 4. The Morgan fingerprint density at radius 3 is 2.42 bits per heavy atom. The largest absolute Gasteiger partial charge is 0.473 e. The molecule has 1 atom stereocenters. The fourth-order valence-corrected chi connectivity index (χ4v) is 1.42. The lowest BCUT2D eigenvalue weighted by Crippen LogP contribution is -2.43. The van der Waals surface area contributed by atoms with Crippen LogP contribution < -0.4 is 0 Å². The van der Waals surface area contributed by atoms with Crippen LogP contribution in [0.1, 0.15) is 0 Å². The molecule has 0 spiro atoms. The van der Waals surface area contributed by atoms with Crippen LogP contribution in [0.2, 0.25) is 0 Å². The van der Waals surface area contributed by atoms with Crippen LogP contribution in [0.5, 0.6) is 0 Å². The lowest BCUT2D eigenvalue weighted by Gasteiger charge is -2.16. The third-order valence-corrected chi connectivity index (χ3v) is 2.35. The Bertz CT molecular complexity index is 190. The molecule has 0 N–H and O–H groups in total. The molecule has 0 bridgehead atoms. The van der Waals surface area contributed by atoms with Crippen molar-refractivity contribution in [1.82, 2.24) is 0 Å². The van der Waals surface area contributed by atoms with Gasteiger partial charge < -0.3 is 9.47 Å². The second-order valence-electron chi connectivity index (χ2n) is 2.29. The van der Waals surface area contributed by atoms with Gasteiger partial charge >= 0.3 is 16.9 Å². The van der Waals surface area contributed by atoms with E-state index in [0.29, 0.717) is 19.5 Å². The van der Waals surface area contributed by atoms with E-state index >= 15 is 0 Å². The highest BCUT2D eigenvalue weighted by atomic mass is 32.1. The first kappa shape index (κ1) is 9.44. The second-order valence-corrected chi connectivity index (χ2v) is 2.99. The molecule has 5 heteroatoms. The average molecular weight is 189 g/mol. The van der Waals surface area contributed by atoms with Crippen LogP contribution in [0, 0.1) is 0 Å². The molecule has 4 nitrogen and oxygen atoms in total. The summed E-state index contributed by atoms with van der Waals surface area (Å²) in [6.45, 7) is 4.10. The van der Waals surface area contributed by atoms with E-state index in [2.05, 4.69) is 6.58 Å². The molecule has 0 aromatic carbocycles. The van der Waals surface area contributed by atoms with Crippen molar-refractivity contribution in [2.24, 2.45) is 0 Å². The molecule has 0 saturated carbocycles. The molecular weight excluding hydrogens is 180 g/mol. The molecule has 1 rings (SSSR count). The van der Waals surface area contributed by atoms with Gasteiger partial charge in [-0.1, -0.05) is 6.58 Å². The Hall–Kier alpha value is -0.650. The molecule has 66 valence electrons. The van der Waals surface area contributed by atoms with E-state index in [9.17, 15) is 9.00 Å². The first-order valence-electron chi connectivity index (χ1n) is 3.44. The third kappa shape index (κ3) is 1.43. The molecule has 1 fully saturated rings. The van der Waals surface area contributed by atoms with Crippen molar-refractivity contribution in [1.29, 1.82) is 0 Å². The summed E-state index contributed by atoms with van der Waals surface area (Å²) in [4.78, 5) is 10.6. The van der Waals surface area contributed by atoms with Gasteiger partial charge in [0.2, 0.25) is 0 Å². The topological polar surface area (TPSA) is 52.6 Å². The molecule has 0 aromatic heterocycles. The second kappa shape index (κ2) is 3.84. The maximum atomic E-state index is 10.6. The lowest BCUT2D eigenvalue weighted by atomic mass is 10.2. The van der Waals surface area contributed by atoms with E-state index in [-0.39, 0.29) is 11.7 Å². The third-order valence-electron chi connectivity index (χ3n) is 1.62. The molecule has 1 heterocycles. The number of carbonyl (C=O) groups is 1. The van der Waals surface area contributed by atoms with Gasteiger partial charge in [0.25, 0.3) is 5.79 Å². The molecule has 0 amide bonds. The van der Waals surface area contributed by atoms with Gasteiger partial charge in [0.1, 0.15) is 0 Å². The van der Waals surface area contributed by atoms with E-state index in [1.165, 1.54) is 6.08 Å². The highest BCUT2D eigenvalue weighted by Gasteiger charge is 2.51. The number of carbonyl (C=O) groups excluding carboxylic acids is 1. The fraction of sp³-hybridized carbons (Fsp3) is 0.571. The molecule has 12 heavy (non-hydrogen) atoms. The maximum absolute atomic E-state index is 10.6. The van der Waals surface area contributed by atoms with E-state index < -0.39 is 11.0 Å². The summed E-state index contributed by atoms with van der Waals surface area (Å²) in [6.07, 6.45) is 1.87. The summed E-state index contributed by atoms with van der Waals surface area (Å²) in [6, 6.07) is 0. The molecule has 1 saturated heterocycles. The summed E-state index contributed by atoms with van der Waals surface area (Å²) in [7, 11) is 0. The van der Waals surface area contributed by atoms with Crippen LogP contribution in [-0.2, 0) is 30.1 Å². The summed E-state index contributed by atoms with van der Waals surface area (Å²) < 4.78 is 20.6. The normalized spacial score (nSPS) is 23.0. The number of ether oxygens (including phenoxy) is 2. The van der Waals surface area contributed by atoms with E-state index in [1.807, 2.05) is 0 Å². The van der Waals surface area contributed by atoms with Crippen LogP contribution in [0.25, 0.3) is 0 Å². The van der Waals surface area contributed by atoms with Crippen molar-refractivity contribution in [2.45, 2.75) is 11.0 Å². The highest BCUT2D eigenvalue weighted by molar-refractivity contribution is 7.66. The number of hydrogen-bond donors (Lipinski definition) is 0. The van der Waals surface area contributed by atoms with Crippen LogP contribution in [0.4, 0.5) is 0 Å². The summed E-state index contributed by atoms with van der Waals surface area (Å²) in [5.74, 6) is -1.39. The maximum Gasteiger partial charge on any atom is 0.473 e. The Labute approximate surface area is 74.0 Å². The zero-order valence-corrected chi connectivity index (χ0v) is 7.21. The van der Waals surface area contributed by atoms with Crippen LogP contribution in [0.15, 0.2) is 12.7 Å². The summed E-state index contributed by atoms with van der Waals surface area (Å²) in [5, 5.41) is -0.683. The quantitative estimate of drug-likeness (QED) is 0.352. The number of hydrogen-bond acceptors (Lipinski definition) is 4. The molecule has 0 aromatic rings. The Balaban J connectivity index is 2.83. The minimum atomic E-state index is -1.39. The van der Waals surface area contributed by atoms with Crippen molar-refractivity contribution in [3.63, 3.8) is 0 Å². The van der Waals surface area contributed by atoms with Crippen molar-refractivity contribution in [3.8, 4) is 0 Å². The Kier molecular flexibility index (Phi) is 3.02. The van der Waals surface area contributed by atoms with Crippen LogP contribution in [-0.4, -0.2) is 30.5 Å². The zero-order valence-electron chi connectivity index (χ0n) is 6.39. The zero-order chi connectivity index (χ0) is 9.03. The molecule has 1 unspecified atom stereocenters. The SMILES string of the molecule is C=CC([S+]=O)C1(C=O)OCCO1. The van der Waals surface area contributed by atoms with E-state index in [0.717, 1.165) is 0 Å². The van der Waals surface area contributed by atoms with Crippen LogP contribution >= 0.6 is 0 Å². The first-order valence-corrected chi connectivity index (χ1v) is 4.25. The molecular formula is C7H9O4S+. The predicted molar refractivity (Wildman–Crippen MR) is 42.7 cm³/mol. The monoisotopic (exact) mass is 189 g/mol. The standard InChI is InChI=1S/C7H9O4S/c1-2-6(12-9)7(5-8)10-3-4-11-7/h2,5-6H,1,3-4H2/q+1. The van der Waals surface area contributed by atoms with Gasteiger partial charge in [-0.25, -0.2) is 0 Å². The van der Waals surface area contributed by atoms with Gasteiger partial charge in [-0.15, -0.1) is 0 Å². The van der Waals surface area contributed by atoms with Gasteiger partial charge in [0.15, 0.2) is 6.29 Å². The van der Waals surface area contributed by atoms with Gasteiger partial charge in [0.05, 0.1) is 13.2 Å². The van der Waals surface area contributed by atoms with Crippen molar-refractivity contribution in [2.75, 3.05) is 13.2 Å². The van der Waals surface area contributed by atoms with Crippen molar-refractivity contribution < 1.29 is 18.5 Å². The van der Waals surface area contributed by atoms with Crippen molar-refractivity contribution in [3.05, 3.63) is 12.7 Å². The Morgan fingerprint density at radius 1 is 1.50 bits per heavy atom. The Morgan fingerprint density at radius 2 is 2.08 bits per heavy atom. The highest BCUT2D eigenvalue weighted by Crippen LogP contribution is 2.23. The minimum Gasteiger partial charge on any atom is -0.337 e. The summed E-state index contributed by atoms with van der Waals surface area (Å²) in [5.41, 5.74) is 0. The van der Waals surface area contributed by atoms with Gasteiger partial charge in [-0.2, -0.15) is 0 Å². The molecule has 1 aliphatic rings.